The minimum atomic E-state index is 0.746. The number of benzene rings is 1. The van der Waals surface area contributed by atoms with Crippen molar-refractivity contribution in [1.29, 1.82) is 0 Å². The summed E-state index contributed by atoms with van der Waals surface area (Å²) in [5.74, 6) is 1.03. The van der Waals surface area contributed by atoms with Gasteiger partial charge in [0.15, 0.2) is 0 Å². The molecule has 0 aliphatic carbocycles. The predicted octanol–water partition coefficient (Wildman–Crippen LogP) is 3.38. The number of para-hydroxylation sites is 1. The van der Waals surface area contributed by atoms with Gasteiger partial charge < -0.3 is 13.8 Å². The average molecular weight is 281 g/mol. The summed E-state index contributed by atoms with van der Waals surface area (Å²) in [6, 6.07) is 6.31. The first-order valence-electron chi connectivity index (χ1n) is 7.11. The average Bonchev–Trinajstić information content (AvgIpc) is 2.47. The Hall–Kier alpha value is -0.710. The van der Waals surface area contributed by atoms with E-state index in [1.54, 1.807) is 0 Å². The smallest absolute Gasteiger partial charge is 0.138 e. The monoisotopic (exact) mass is 281 g/mol. The Labute approximate surface area is 120 Å². The zero-order valence-corrected chi connectivity index (χ0v) is 12.7. The van der Waals surface area contributed by atoms with Gasteiger partial charge in [0.25, 0.3) is 0 Å². The maximum atomic E-state index is 5.76. The van der Waals surface area contributed by atoms with Crippen LogP contribution in [0.25, 0.3) is 0 Å². The summed E-state index contributed by atoms with van der Waals surface area (Å²) >= 11 is 1.45. The number of likely N-dealkylation sites (N-methyl/N-ethyl adjacent to an activating group) is 1. The number of rotatable bonds is 7. The molecule has 19 heavy (non-hydrogen) atoms. The van der Waals surface area contributed by atoms with Crippen LogP contribution in [0.5, 0.6) is 5.75 Å². The highest BCUT2D eigenvalue weighted by atomic mass is 32.2. The normalized spacial score (nSPS) is 14.3. The molecule has 1 aromatic carbocycles. The Morgan fingerprint density at radius 1 is 1.32 bits per heavy atom. The van der Waals surface area contributed by atoms with Gasteiger partial charge in [0, 0.05) is 18.6 Å². The van der Waals surface area contributed by atoms with E-state index in [9.17, 15) is 0 Å². The molecule has 106 valence electrons. The van der Waals surface area contributed by atoms with Gasteiger partial charge in [-0.15, -0.1) is 0 Å². The largest absolute Gasteiger partial charge is 0.492 e. The third-order valence-corrected chi connectivity index (χ3v) is 4.22. The molecule has 0 spiro atoms. The third kappa shape index (κ3) is 4.13. The summed E-state index contributed by atoms with van der Waals surface area (Å²) in [7, 11) is 0. The summed E-state index contributed by atoms with van der Waals surface area (Å²) in [6.07, 6.45) is 2.23. The van der Waals surface area contributed by atoms with Crippen molar-refractivity contribution in [3.63, 3.8) is 0 Å². The van der Waals surface area contributed by atoms with Gasteiger partial charge in [-0.25, -0.2) is 0 Å². The van der Waals surface area contributed by atoms with Gasteiger partial charge in [0.2, 0.25) is 0 Å². The first kappa shape index (κ1) is 14.7. The van der Waals surface area contributed by atoms with E-state index in [1.807, 2.05) is 0 Å². The summed E-state index contributed by atoms with van der Waals surface area (Å²) < 4.78 is 11.5. The van der Waals surface area contributed by atoms with Crippen LogP contribution in [0.15, 0.2) is 23.1 Å². The zero-order chi connectivity index (χ0) is 13.5. The Kier molecular flexibility index (Phi) is 6.01. The number of fused-ring (bicyclic) bond motifs is 1. The lowest BCUT2D eigenvalue weighted by atomic mass is 10.1. The Bertz CT molecular complexity index is 394. The van der Waals surface area contributed by atoms with E-state index in [0.29, 0.717) is 0 Å². The quantitative estimate of drug-likeness (QED) is 0.564. The number of aryl methyl sites for hydroxylation is 1. The van der Waals surface area contributed by atoms with Crippen LogP contribution in [-0.4, -0.2) is 37.7 Å². The highest BCUT2D eigenvalue weighted by Crippen LogP contribution is 2.35. The second-order valence-corrected chi connectivity index (χ2v) is 5.47. The van der Waals surface area contributed by atoms with E-state index in [0.717, 1.165) is 56.3 Å². The van der Waals surface area contributed by atoms with E-state index < -0.39 is 0 Å². The lowest BCUT2D eigenvalue weighted by Crippen LogP contribution is -2.26. The molecule has 0 saturated carbocycles. The van der Waals surface area contributed by atoms with Gasteiger partial charge in [-0.3, -0.25) is 0 Å². The Balaban J connectivity index is 1.83. The molecule has 0 amide bonds. The number of ether oxygens (including phenoxy) is 1. The second kappa shape index (κ2) is 7.78. The first-order chi connectivity index (χ1) is 9.35. The topological polar surface area (TPSA) is 21.7 Å². The summed E-state index contributed by atoms with van der Waals surface area (Å²) in [6.45, 7) is 9.06. The molecule has 1 aliphatic rings. The number of hydrogen-bond acceptors (Lipinski definition) is 4. The predicted molar refractivity (Wildman–Crippen MR) is 79.9 cm³/mol. The molecule has 0 radical (unpaired) electrons. The van der Waals surface area contributed by atoms with Crippen LogP contribution in [0.4, 0.5) is 0 Å². The van der Waals surface area contributed by atoms with Crippen molar-refractivity contribution in [3.8, 4) is 5.75 Å². The van der Waals surface area contributed by atoms with Crippen molar-refractivity contribution < 1.29 is 8.92 Å². The van der Waals surface area contributed by atoms with E-state index >= 15 is 0 Å². The van der Waals surface area contributed by atoms with Crippen molar-refractivity contribution in [2.45, 2.75) is 31.6 Å². The third-order valence-electron chi connectivity index (χ3n) is 3.43. The van der Waals surface area contributed by atoms with Crippen LogP contribution in [0, 0.1) is 0 Å². The van der Waals surface area contributed by atoms with Gasteiger partial charge in [-0.1, -0.05) is 26.0 Å². The fraction of sp³-hybridized carbons (Fsp3) is 0.600. The van der Waals surface area contributed by atoms with Crippen molar-refractivity contribution in [3.05, 3.63) is 23.8 Å². The van der Waals surface area contributed by atoms with Gasteiger partial charge in [0.05, 0.1) is 18.1 Å². The standard InChI is InChI=1S/C15H23NO2S/c1-3-16(4-2)10-12-18-19-14-9-5-7-13-8-6-11-17-15(13)14/h5,7,9H,3-4,6,8,10-12H2,1-2H3. The summed E-state index contributed by atoms with van der Waals surface area (Å²) in [5.41, 5.74) is 1.31. The van der Waals surface area contributed by atoms with Gasteiger partial charge in [0.1, 0.15) is 5.75 Å². The van der Waals surface area contributed by atoms with E-state index in [4.69, 9.17) is 8.92 Å². The van der Waals surface area contributed by atoms with Crippen LogP contribution in [0.3, 0.4) is 0 Å². The number of nitrogens with zero attached hydrogens (tertiary/aromatic N) is 1. The maximum Gasteiger partial charge on any atom is 0.138 e. The van der Waals surface area contributed by atoms with Crippen LogP contribution < -0.4 is 4.74 Å². The molecular formula is C15H23NO2S. The second-order valence-electron chi connectivity index (χ2n) is 4.63. The molecule has 0 N–H and O–H groups in total. The molecule has 0 bridgehead atoms. The van der Waals surface area contributed by atoms with E-state index in [-0.39, 0.29) is 0 Å². The molecule has 2 rings (SSSR count). The molecule has 0 fully saturated rings. The SMILES string of the molecule is CCN(CC)CCOSc1cccc2c1OCCC2. The minimum absolute atomic E-state index is 0.746. The lowest BCUT2D eigenvalue weighted by molar-refractivity contribution is 0.241. The highest BCUT2D eigenvalue weighted by molar-refractivity contribution is 7.94. The van der Waals surface area contributed by atoms with Crippen LogP contribution in [0.1, 0.15) is 25.8 Å². The molecule has 1 aromatic rings. The molecule has 0 aromatic heterocycles. The van der Waals surface area contributed by atoms with Crippen molar-refractivity contribution in [2.24, 2.45) is 0 Å². The highest BCUT2D eigenvalue weighted by Gasteiger charge is 2.14. The molecule has 1 heterocycles. The van der Waals surface area contributed by atoms with E-state index in [2.05, 4.69) is 36.9 Å². The summed E-state index contributed by atoms with van der Waals surface area (Å²) in [4.78, 5) is 3.47. The van der Waals surface area contributed by atoms with Gasteiger partial charge >= 0.3 is 0 Å². The fourth-order valence-corrected chi connectivity index (χ4v) is 2.92. The van der Waals surface area contributed by atoms with Crippen molar-refractivity contribution in [2.75, 3.05) is 32.8 Å². The minimum Gasteiger partial charge on any atom is -0.492 e. The molecule has 0 unspecified atom stereocenters. The zero-order valence-electron chi connectivity index (χ0n) is 11.9. The van der Waals surface area contributed by atoms with Crippen molar-refractivity contribution >= 4 is 12.0 Å². The molecule has 0 atom stereocenters. The van der Waals surface area contributed by atoms with Gasteiger partial charge in [-0.2, -0.15) is 0 Å². The van der Waals surface area contributed by atoms with E-state index in [1.165, 1.54) is 17.6 Å². The van der Waals surface area contributed by atoms with Crippen LogP contribution in [-0.2, 0) is 10.6 Å². The number of hydrogen-bond donors (Lipinski definition) is 0. The molecule has 3 nitrogen and oxygen atoms in total. The van der Waals surface area contributed by atoms with Gasteiger partial charge in [-0.05, 0) is 37.6 Å². The lowest BCUT2D eigenvalue weighted by Gasteiger charge is -2.20. The molecule has 1 aliphatic heterocycles. The first-order valence-corrected chi connectivity index (χ1v) is 7.85. The molecular weight excluding hydrogens is 258 g/mol. The fourth-order valence-electron chi connectivity index (χ4n) is 2.24. The molecule has 0 saturated heterocycles. The van der Waals surface area contributed by atoms with Crippen LogP contribution in [0.2, 0.25) is 0 Å². The van der Waals surface area contributed by atoms with Crippen LogP contribution >= 0.6 is 12.0 Å². The molecule has 4 heteroatoms. The Morgan fingerprint density at radius 2 is 2.16 bits per heavy atom. The van der Waals surface area contributed by atoms with Crippen molar-refractivity contribution in [1.82, 2.24) is 4.90 Å². The maximum absolute atomic E-state index is 5.76. The Morgan fingerprint density at radius 3 is 2.95 bits per heavy atom. The summed E-state index contributed by atoms with van der Waals surface area (Å²) in [5, 5.41) is 0.